The number of aliphatic hydroxyl groups excluding tert-OH is 1. The van der Waals surface area contributed by atoms with Gasteiger partial charge in [-0.15, -0.1) is 0 Å². The van der Waals surface area contributed by atoms with Crippen molar-refractivity contribution in [1.82, 2.24) is 0 Å². The van der Waals surface area contributed by atoms with Gasteiger partial charge in [0.25, 0.3) is 0 Å². The Morgan fingerprint density at radius 3 is 0.844 bits per heavy atom. The molecule has 4 unspecified atom stereocenters. The highest BCUT2D eigenvalue weighted by molar-refractivity contribution is 7.47. The SMILES string of the molecule is CCCCCCCCCCCCCCCCCCCCC(=O)O[C@H](COC(=O)CCCCCCCCCCCC(C)C)COP(=O)(O)OC[C@@H](O)COP(=O)(O)OC[C@@H](COC(=O)CCCCCCCCC(C)CC)OC(=O)CCCCCCCCC(C)CC. The highest BCUT2D eigenvalue weighted by atomic mass is 31.2. The Balaban J connectivity index is 5.23. The number of ether oxygens (including phenoxy) is 4. The molecule has 0 amide bonds. The summed E-state index contributed by atoms with van der Waals surface area (Å²) in [5, 5.41) is 10.6. The molecule has 19 heteroatoms. The minimum Gasteiger partial charge on any atom is -0.462 e. The molecule has 0 fully saturated rings. The Labute approximate surface area is 549 Å². The third kappa shape index (κ3) is 62.2. The molecule has 0 bridgehead atoms. The molecular formula is C71H138O17P2. The smallest absolute Gasteiger partial charge is 0.462 e. The van der Waals surface area contributed by atoms with Crippen molar-refractivity contribution in [2.24, 2.45) is 17.8 Å². The number of carbonyl (C=O) groups excluding carboxylic acids is 4. The van der Waals surface area contributed by atoms with Gasteiger partial charge in [-0.05, 0) is 43.4 Å². The fraction of sp³-hybridized carbons (Fsp3) is 0.944. The highest BCUT2D eigenvalue weighted by Crippen LogP contribution is 2.45. The molecule has 3 N–H and O–H groups in total. The minimum atomic E-state index is -4.95. The molecule has 0 spiro atoms. The van der Waals surface area contributed by atoms with Gasteiger partial charge in [-0.3, -0.25) is 37.3 Å². The Bertz CT molecular complexity index is 1770. The van der Waals surface area contributed by atoms with Gasteiger partial charge in [0, 0.05) is 25.7 Å². The zero-order valence-corrected chi connectivity index (χ0v) is 60.4. The maximum absolute atomic E-state index is 13.0. The Morgan fingerprint density at radius 2 is 0.567 bits per heavy atom. The summed E-state index contributed by atoms with van der Waals surface area (Å²) in [6.07, 6.45) is 46.0. The molecule has 17 nitrogen and oxygen atoms in total. The van der Waals surface area contributed by atoms with Crippen LogP contribution in [0, 0.1) is 17.8 Å². The van der Waals surface area contributed by atoms with Crippen LogP contribution in [0.5, 0.6) is 0 Å². The fourth-order valence-electron chi connectivity index (χ4n) is 10.7. The topological polar surface area (TPSA) is 237 Å². The lowest BCUT2D eigenvalue weighted by Crippen LogP contribution is -2.30. The van der Waals surface area contributed by atoms with Gasteiger partial charge in [-0.1, -0.05) is 305 Å². The Morgan fingerprint density at radius 1 is 0.322 bits per heavy atom. The van der Waals surface area contributed by atoms with Gasteiger partial charge in [0.05, 0.1) is 26.4 Å². The molecule has 0 saturated carbocycles. The minimum absolute atomic E-state index is 0.102. The van der Waals surface area contributed by atoms with Crippen LogP contribution < -0.4 is 0 Å². The van der Waals surface area contributed by atoms with Crippen LogP contribution in [0.4, 0.5) is 0 Å². The highest BCUT2D eigenvalue weighted by Gasteiger charge is 2.30. The number of rotatable bonds is 69. The number of esters is 4. The van der Waals surface area contributed by atoms with Gasteiger partial charge in [0.15, 0.2) is 12.2 Å². The van der Waals surface area contributed by atoms with Crippen molar-refractivity contribution in [3.05, 3.63) is 0 Å². The number of phosphoric ester groups is 2. The van der Waals surface area contributed by atoms with Crippen LogP contribution in [0.1, 0.15) is 357 Å². The summed E-state index contributed by atoms with van der Waals surface area (Å²) in [6.45, 7) is 11.7. The molecular weight excluding hydrogens is 1190 g/mol. The predicted molar refractivity (Wildman–Crippen MR) is 363 cm³/mol. The molecule has 0 heterocycles. The molecule has 7 atom stereocenters. The van der Waals surface area contributed by atoms with Gasteiger partial charge in [-0.2, -0.15) is 0 Å². The van der Waals surface area contributed by atoms with Crippen molar-refractivity contribution in [2.75, 3.05) is 39.6 Å². The van der Waals surface area contributed by atoms with E-state index >= 15 is 0 Å². The van der Waals surface area contributed by atoms with Crippen LogP contribution in [-0.4, -0.2) is 96.7 Å². The first kappa shape index (κ1) is 88.1. The summed E-state index contributed by atoms with van der Waals surface area (Å²) < 4.78 is 68.3. The van der Waals surface area contributed by atoms with E-state index in [0.717, 1.165) is 114 Å². The van der Waals surface area contributed by atoms with Crippen LogP contribution in [0.3, 0.4) is 0 Å². The van der Waals surface area contributed by atoms with E-state index < -0.39 is 97.5 Å². The van der Waals surface area contributed by atoms with Crippen molar-refractivity contribution in [3.63, 3.8) is 0 Å². The molecule has 90 heavy (non-hydrogen) atoms. The number of aliphatic hydroxyl groups is 1. The van der Waals surface area contributed by atoms with Crippen LogP contribution in [0.2, 0.25) is 0 Å². The largest absolute Gasteiger partial charge is 0.472 e. The molecule has 0 rings (SSSR count). The van der Waals surface area contributed by atoms with Gasteiger partial charge in [0.1, 0.15) is 19.3 Å². The lowest BCUT2D eigenvalue weighted by molar-refractivity contribution is -0.161. The maximum atomic E-state index is 13.0. The number of hydrogen-bond acceptors (Lipinski definition) is 15. The van der Waals surface area contributed by atoms with E-state index in [2.05, 4.69) is 48.5 Å². The second-order valence-corrected chi connectivity index (χ2v) is 29.5. The van der Waals surface area contributed by atoms with E-state index in [-0.39, 0.29) is 25.7 Å². The summed E-state index contributed by atoms with van der Waals surface area (Å²) in [4.78, 5) is 72.5. The first-order valence-corrected chi connectivity index (χ1v) is 39.9. The molecule has 0 aliphatic rings. The summed E-state index contributed by atoms with van der Waals surface area (Å²) in [6, 6.07) is 0. The first-order valence-electron chi connectivity index (χ1n) is 36.9. The molecule has 0 radical (unpaired) electrons. The van der Waals surface area contributed by atoms with Crippen molar-refractivity contribution in [3.8, 4) is 0 Å². The number of hydrogen-bond donors (Lipinski definition) is 3. The van der Waals surface area contributed by atoms with Gasteiger partial charge >= 0.3 is 39.5 Å². The molecule has 534 valence electrons. The average Bonchev–Trinajstić information content (AvgIpc) is 3.52. The monoisotopic (exact) mass is 1320 g/mol. The molecule has 0 aromatic rings. The second kappa shape index (κ2) is 61.9. The number of carbonyl (C=O) groups is 4. The van der Waals surface area contributed by atoms with Crippen LogP contribution >= 0.6 is 15.6 Å². The molecule has 0 aromatic heterocycles. The first-order chi connectivity index (χ1) is 43.3. The normalized spacial score (nSPS) is 14.8. The lowest BCUT2D eigenvalue weighted by atomic mass is 10.00. The van der Waals surface area contributed by atoms with Crippen LogP contribution in [0.15, 0.2) is 0 Å². The van der Waals surface area contributed by atoms with Crippen molar-refractivity contribution in [2.45, 2.75) is 375 Å². The van der Waals surface area contributed by atoms with E-state index in [1.165, 1.54) is 161 Å². The third-order valence-corrected chi connectivity index (χ3v) is 19.0. The van der Waals surface area contributed by atoms with E-state index in [4.69, 9.17) is 37.0 Å². The van der Waals surface area contributed by atoms with E-state index in [9.17, 15) is 43.2 Å². The molecule has 0 aliphatic carbocycles. The van der Waals surface area contributed by atoms with Crippen LogP contribution in [-0.2, 0) is 65.4 Å². The predicted octanol–water partition coefficient (Wildman–Crippen LogP) is 20.2. The van der Waals surface area contributed by atoms with Gasteiger partial charge < -0.3 is 33.8 Å². The molecule has 0 aromatic carbocycles. The fourth-order valence-corrected chi connectivity index (χ4v) is 12.2. The zero-order valence-electron chi connectivity index (χ0n) is 58.6. The van der Waals surface area contributed by atoms with Crippen molar-refractivity contribution in [1.29, 1.82) is 0 Å². The molecule has 0 aliphatic heterocycles. The van der Waals surface area contributed by atoms with Crippen LogP contribution in [0.25, 0.3) is 0 Å². The van der Waals surface area contributed by atoms with E-state index in [1.54, 1.807) is 0 Å². The van der Waals surface area contributed by atoms with Gasteiger partial charge in [-0.25, -0.2) is 9.13 Å². The summed E-state index contributed by atoms with van der Waals surface area (Å²) in [5.74, 6) is 0.0653. The zero-order chi connectivity index (χ0) is 66.6. The average molecular weight is 1330 g/mol. The summed E-state index contributed by atoms with van der Waals surface area (Å²) in [5.41, 5.74) is 0. The van der Waals surface area contributed by atoms with E-state index in [1.807, 2.05) is 0 Å². The second-order valence-electron chi connectivity index (χ2n) is 26.6. The maximum Gasteiger partial charge on any atom is 0.472 e. The Hall–Kier alpha value is -1.94. The van der Waals surface area contributed by atoms with Crippen molar-refractivity contribution >= 4 is 39.5 Å². The third-order valence-electron chi connectivity index (χ3n) is 17.1. The van der Waals surface area contributed by atoms with Crippen molar-refractivity contribution < 1.29 is 80.2 Å². The van der Waals surface area contributed by atoms with Gasteiger partial charge in [0.2, 0.25) is 0 Å². The lowest BCUT2D eigenvalue weighted by Gasteiger charge is -2.21. The number of phosphoric acid groups is 2. The number of unbranched alkanes of at least 4 members (excludes halogenated alkanes) is 35. The standard InChI is InChI=1S/C71H138O17P2/c1-8-11-12-13-14-15-16-17-18-19-20-21-22-23-26-30-40-47-54-70(75)87-66(58-81-68(73)52-45-38-29-27-24-25-28-35-42-49-62(4)5)60-85-89(77,78)83-56-65(72)57-84-90(79,80)86-61-67(88-71(76)55-48-41-34-32-37-44-51-64(7)10-3)59-82-69(74)53-46-39-33-31-36-43-50-63(6)9-2/h62-67,72H,8-61H2,1-7H3,(H,77,78)(H,79,80)/t63?,64?,65-,66-,67-/m1/s1. The summed E-state index contributed by atoms with van der Waals surface area (Å²) >= 11 is 0. The molecule has 0 saturated heterocycles. The quantitative estimate of drug-likeness (QED) is 0.0222. The van der Waals surface area contributed by atoms with E-state index in [0.29, 0.717) is 25.7 Å². The summed E-state index contributed by atoms with van der Waals surface area (Å²) in [7, 11) is -9.90. The Kier molecular flexibility index (Phi) is 60.6.